The maximum atomic E-state index is 16.8. The lowest BCUT2D eigenvalue weighted by Crippen LogP contribution is -2.60. The van der Waals surface area contributed by atoms with E-state index < -0.39 is 29.4 Å². The van der Waals surface area contributed by atoms with Gasteiger partial charge in [0.25, 0.3) is 0 Å². The van der Waals surface area contributed by atoms with Gasteiger partial charge in [0.2, 0.25) is 5.95 Å². The van der Waals surface area contributed by atoms with Crippen molar-refractivity contribution in [1.29, 1.82) is 0 Å². The van der Waals surface area contributed by atoms with Crippen LogP contribution in [0, 0.1) is 11.6 Å². The van der Waals surface area contributed by atoms with Crippen LogP contribution in [0.15, 0.2) is 30.5 Å². The number of alkyl carbamates (subject to hydrolysis) is 1. The van der Waals surface area contributed by atoms with Gasteiger partial charge in [-0.2, -0.15) is 4.98 Å². The van der Waals surface area contributed by atoms with Crippen molar-refractivity contribution < 1.29 is 27.8 Å². The fraction of sp³-hybridized carbons (Fsp3) is 0.438. The molecular weight excluding hydrogens is 587 g/mol. The van der Waals surface area contributed by atoms with E-state index in [0.717, 1.165) is 0 Å². The molecule has 1 amide bonds. The number of carbonyl (C=O) groups excluding carboxylic acids is 1. The van der Waals surface area contributed by atoms with Crippen LogP contribution < -0.4 is 15.1 Å². The number of alkyl halides is 1. The van der Waals surface area contributed by atoms with Crippen LogP contribution in [-0.2, 0) is 11.2 Å². The predicted octanol–water partition coefficient (Wildman–Crippen LogP) is 4.56. The number of aryl methyl sites for hydroxylation is 1. The second-order valence-electron chi connectivity index (χ2n) is 12.8. The molecule has 8 rings (SSSR count). The van der Waals surface area contributed by atoms with Gasteiger partial charge in [-0.05, 0) is 68.4 Å². The maximum absolute atomic E-state index is 16.8. The lowest BCUT2D eigenvalue weighted by Gasteiger charge is -2.44. The number of phenols is 1. The van der Waals surface area contributed by atoms with Gasteiger partial charge in [0.1, 0.15) is 34.8 Å². The summed E-state index contributed by atoms with van der Waals surface area (Å²) >= 11 is 0. The number of halogens is 3. The molecule has 0 radical (unpaired) electrons. The number of amides is 1. The number of nitrogens with one attached hydrogen (secondary N) is 1. The predicted molar refractivity (Wildman–Crippen MR) is 164 cm³/mol. The van der Waals surface area contributed by atoms with Gasteiger partial charge in [-0.25, -0.2) is 22.9 Å². The Bertz CT molecular complexity index is 1830. The summed E-state index contributed by atoms with van der Waals surface area (Å²) in [5.74, 6) is -0.833. The molecule has 10 nitrogen and oxygen atoms in total. The fourth-order valence-corrected chi connectivity index (χ4v) is 6.77. The summed E-state index contributed by atoms with van der Waals surface area (Å²) < 4.78 is 53.0. The molecule has 4 aromatic rings. The molecule has 4 aliphatic heterocycles. The molecule has 0 spiro atoms. The van der Waals surface area contributed by atoms with Crippen molar-refractivity contribution in [3.8, 4) is 17.0 Å². The largest absolute Gasteiger partial charge is 0.508 e. The van der Waals surface area contributed by atoms with E-state index in [2.05, 4.69) is 20.2 Å². The third-order valence-corrected chi connectivity index (χ3v) is 9.07. The normalized spacial score (nSPS) is 22.6. The number of rotatable bonds is 2. The van der Waals surface area contributed by atoms with E-state index >= 15 is 13.2 Å². The number of ether oxygens (including phenoxy) is 1. The maximum Gasteiger partial charge on any atom is 0.407 e. The second kappa shape index (κ2) is 10.9. The van der Waals surface area contributed by atoms with E-state index in [1.54, 1.807) is 11.8 Å². The first-order valence-electron chi connectivity index (χ1n) is 15.1. The molecule has 2 fully saturated rings. The first kappa shape index (κ1) is 29.3. The Morgan fingerprint density at radius 3 is 2.71 bits per heavy atom. The van der Waals surface area contributed by atoms with Gasteiger partial charge in [0.15, 0.2) is 5.82 Å². The molecule has 2 aromatic heterocycles. The highest BCUT2D eigenvalue weighted by molar-refractivity contribution is 6.02. The number of nitrogens with zero attached hydrogens (tertiary/aromatic N) is 6. The standard InChI is InChI=1S/C32H34F3N7O3/c1-32-11-18(33)13-42(16-32)29-23-12-36-27(26(35)28(23)37-30(38-29)41-14-19(15-41)40(2)3)22-10-20(43)9-17-6-7-24(34)21(25(17)22)5-4-8-45-31(44)39-32/h6-7,9-10,12,18-19,43H,4-5,8,11,13-16H2,1-3H3,(H,39,44)/t18-,32-/m1/s1. The van der Waals surface area contributed by atoms with Crippen molar-refractivity contribution in [3.05, 3.63) is 47.7 Å². The van der Waals surface area contributed by atoms with Crippen LogP contribution in [-0.4, -0.2) is 95.7 Å². The number of aromatic hydroxyl groups is 1. The Balaban J connectivity index is 1.48. The van der Waals surface area contributed by atoms with Crippen LogP contribution in [0.3, 0.4) is 0 Å². The SMILES string of the molecule is CN(C)C1CN(c2nc3c4cnc(c(F)c4n2)-c2cc(O)cc4ccc(F)c(c24)CCCOC(=O)N[C@]2(C)C[C@@H](F)CN3C2)C1. The molecule has 13 heteroatoms. The van der Waals surface area contributed by atoms with E-state index in [1.165, 1.54) is 30.5 Å². The summed E-state index contributed by atoms with van der Waals surface area (Å²) in [6, 6.07) is 5.93. The highest BCUT2D eigenvalue weighted by atomic mass is 19.1. The number of hydrogen-bond acceptors (Lipinski definition) is 9. The van der Waals surface area contributed by atoms with E-state index in [1.807, 2.05) is 19.0 Å². The number of carbonyl (C=O) groups is 1. The van der Waals surface area contributed by atoms with E-state index in [9.17, 15) is 9.90 Å². The Labute approximate surface area is 257 Å². The lowest BCUT2D eigenvalue weighted by atomic mass is 9.90. The minimum absolute atomic E-state index is 0.0212. The number of hydrogen-bond donors (Lipinski definition) is 2. The number of phenolic OH excluding ortho intramolecular Hbond substituents is 1. The highest BCUT2D eigenvalue weighted by Crippen LogP contribution is 2.40. The minimum atomic E-state index is -1.32. The third-order valence-electron chi connectivity index (χ3n) is 9.07. The van der Waals surface area contributed by atoms with Crippen LogP contribution in [0.2, 0.25) is 0 Å². The van der Waals surface area contributed by atoms with Crippen molar-refractivity contribution in [1.82, 2.24) is 25.2 Å². The van der Waals surface area contributed by atoms with Crippen molar-refractivity contribution >= 4 is 39.5 Å². The molecule has 4 aliphatic rings. The minimum Gasteiger partial charge on any atom is -0.508 e. The van der Waals surface area contributed by atoms with Crippen LogP contribution >= 0.6 is 0 Å². The summed E-state index contributed by atoms with van der Waals surface area (Å²) in [7, 11) is 3.96. The quantitative estimate of drug-likeness (QED) is 0.333. The number of aromatic nitrogens is 3. The van der Waals surface area contributed by atoms with Gasteiger partial charge in [-0.15, -0.1) is 0 Å². The molecule has 236 valence electrons. The molecule has 2 aromatic carbocycles. The number of pyridine rings is 1. The zero-order valence-electron chi connectivity index (χ0n) is 25.3. The Hall–Kier alpha value is -4.39. The molecule has 45 heavy (non-hydrogen) atoms. The third kappa shape index (κ3) is 5.22. The summed E-state index contributed by atoms with van der Waals surface area (Å²) in [5.41, 5.74) is -0.670. The van der Waals surface area contributed by atoms with E-state index in [4.69, 9.17) is 9.72 Å². The van der Waals surface area contributed by atoms with Crippen molar-refractivity contribution in [2.24, 2.45) is 0 Å². The molecule has 0 aliphatic carbocycles. The Kier molecular flexibility index (Phi) is 7.10. The number of fused-ring (bicyclic) bond motifs is 6. The molecule has 6 heterocycles. The summed E-state index contributed by atoms with van der Waals surface area (Å²) in [5, 5.41) is 14.6. The molecule has 6 bridgehead atoms. The number of likely N-dealkylation sites (N-methyl/N-ethyl adjacent to an activating group) is 1. The van der Waals surface area contributed by atoms with Crippen LogP contribution in [0.5, 0.6) is 5.75 Å². The fourth-order valence-electron chi connectivity index (χ4n) is 6.77. The van der Waals surface area contributed by atoms with E-state index in [0.29, 0.717) is 29.7 Å². The monoisotopic (exact) mass is 621 g/mol. The first-order valence-corrected chi connectivity index (χ1v) is 15.1. The van der Waals surface area contributed by atoms with Gasteiger partial charge in [-0.3, -0.25) is 4.98 Å². The average molecular weight is 622 g/mol. The summed E-state index contributed by atoms with van der Waals surface area (Å²) in [6.07, 6.45) is -0.100. The average Bonchev–Trinajstić information content (AvgIpc) is 2.94. The number of piperidine rings is 1. The van der Waals surface area contributed by atoms with Crippen LogP contribution in [0.1, 0.15) is 25.3 Å². The van der Waals surface area contributed by atoms with E-state index in [-0.39, 0.29) is 84.4 Å². The first-order chi connectivity index (χ1) is 21.5. The molecule has 2 N–H and O–H groups in total. The lowest BCUT2D eigenvalue weighted by molar-refractivity contribution is 0.121. The molecule has 2 atom stereocenters. The molecule has 0 saturated carbocycles. The van der Waals surface area contributed by atoms with Crippen molar-refractivity contribution in [2.45, 2.75) is 43.9 Å². The molecule has 0 unspecified atom stereocenters. The smallest absolute Gasteiger partial charge is 0.407 e. The Morgan fingerprint density at radius 1 is 1.13 bits per heavy atom. The zero-order chi connectivity index (χ0) is 31.6. The van der Waals surface area contributed by atoms with Crippen molar-refractivity contribution in [2.75, 3.05) is 56.7 Å². The highest BCUT2D eigenvalue weighted by Gasteiger charge is 2.40. The number of anilines is 2. The summed E-state index contributed by atoms with van der Waals surface area (Å²) in [4.78, 5) is 32.6. The van der Waals surface area contributed by atoms with Crippen LogP contribution in [0.4, 0.5) is 29.7 Å². The number of benzene rings is 2. The molecule has 2 saturated heterocycles. The molecular formula is C32H34F3N7O3. The second-order valence-corrected chi connectivity index (χ2v) is 12.8. The van der Waals surface area contributed by atoms with Gasteiger partial charge in [0, 0.05) is 43.9 Å². The van der Waals surface area contributed by atoms with Crippen LogP contribution in [0.25, 0.3) is 32.9 Å². The zero-order valence-corrected chi connectivity index (χ0v) is 25.3. The van der Waals surface area contributed by atoms with Gasteiger partial charge in [0.05, 0.1) is 24.1 Å². The van der Waals surface area contributed by atoms with Gasteiger partial charge in [-0.1, -0.05) is 6.07 Å². The topological polar surface area (TPSA) is 107 Å². The van der Waals surface area contributed by atoms with Gasteiger partial charge < -0.3 is 29.9 Å². The van der Waals surface area contributed by atoms with Gasteiger partial charge >= 0.3 is 6.09 Å². The van der Waals surface area contributed by atoms with Crippen molar-refractivity contribution in [3.63, 3.8) is 0 Å². The summed E-state index contributed by atoms with van der Waals surface area (Å²) in [6.45, 7) is 3.11. The Morgan fingerprint density at radius 2 is 1.93 bits per heavy atom.